The van der Waals surface area contributed by atoms with Gasteiger partial charge in [0.25, 0.3) is 0 Å². The van der Waals surface area contributed by atoms with E-state index < -0.39 is 0 Å². The summed E-state index contributed by atoms with van der Waals surface area (Å²) in [5.74, 6) is 1.12. The zero-order chi connectivity index (χ0) is 40.8. The highest BCUT2D eigenvalue weighted by Crippen LogP contribution is 2.44. The maximum atomic E-state index is 5.23. The first-order valence-corrected chi connectivity index (χ1v) is 20.1. The molecule has 10 aromatic rings. The van der Waals surface area contributed by atoms with Crippen molar-refractivity contribution in [3.8, 4) is 27.9 Å². The molecule has 0 atom stereocenters. The third kappa shape index (κ3) is 7.61. The van der Waals surface area contributed by atoms with E-state index >= 15 is 0 Å². The van der Waals surface area contributed by atoms with Gasteiger partial charge in [-0.05, 0) is 78.4 Å². The average Bonchev–Trinajstić information content (AvgIpc) is 3.82. The molecule has 0 spiro atoms. The van der Waals surface area contributed by atoms with Crippen LogP contribution in [0.5, 0.6) is 0 Å². The van der Waals surface area contributed by atoms with Crippen molar-refractivity contribution in [1.82, 2.24) is 9.13 Å². The van der Waals surface area contributed by atoms with Gasteiger partial charge in [-0.25, -0.2) is 15.0 Å². The van der Waals surface area contributed by atoms with Crippen molar-refractivity contribution in [1.29, 1.82) is 0 Å². The molecule has 0 aliphatic rings. The number of nitrogens with zero attached hydrogens (tertiary/aromatic N) is 5. The standard InChI is InChI=1S/C52H37N5.C3H6.CH4/c1-53-51(37-20-8-3-9-21-37)55-52(38-22-10-4-11-23-38)54-35-56-45-28-16-15-27-43(45)50-48(56)33-31-41(49(50)36-18-6-2-7-19-36)39-30-32-47-44(34-39)42-26-14-17-29-46(42)57(47)40-24-12-5-13-25-40;1-3-2;/h2-34H,1,35H2;3H,1H2,2H3;1H4/b54-52-,55-51?;;. The zero-order valence-corrected chi connectivity index (χ0v) is 33.5. The maximum absolute atomic E-state index is 5.23. The summed E-state index contributed by atoms with van der Waals surface area (Å²) in [5.41, 5.74) is 12.2. The van der Waals surface area contributed by atoms with Gasteiger partial charge in [0, 0.05) is 38.4 Å². The van der Waals surface area contributed by atoms with Crippen molar-refractivity contribution in [3.63, 3.8) is 0 Å². The van der Waals surface area contributed by atoms with Gasteiger partial charge < -0.3 is 9.13 Å². The summed E-state index contributed by atoms with van der Waals surface area (Å²) < 4.78 is 4.67. The molecular formula is C56H47N5. The first-order valence-electron chi connectivity index (χ1n) is 20.1. The number of hydrogen-bond acceptors (Lipinski definition) is 1. The molecule has 0 fully saturated rings. The number of amidine groups is 2. The fourth-order valence-electron chi connectivity index (χ4n) is 8.23. The van der Waals surface area contributed by atoms with Crippen LogP contribution in [-0.2, 0) is 6.67 Å². The number of allylic oxidation sites excluding steroid dienone is 1. The highest BCUT2D eigenvalue weighted by atomic mass is 15.1. The summed E-state index contributed by atoms with van der Waals surface area (Å²) in [6.07, 6.45) is 1.75. The second kappa shape index (κ2) is 17.9. The Morgan fingerprint density at radius 3 is 1.70 bits per heavy atom. The quantitative estimate of drug-likeness (QED) is 0.0877. The van der Waals surface area contributed by atoms with E-state index in [0.717, 1.165) is 33.4 Å². The van der Waals surface area contributed by atoms with Crippen LogP contribution in [0.4, 0.5) is 0 Å². The van der Waals surface area contributed by atoms with Gasteiger partial charge in [0.15, 0.2) is 11.7 Å². The van der Waals surface area contributed by atoms with Crippen molar-refractivity contribution < 1.29 is 0 Å². The molecule has 0 amide bonds. The molecular weight excluding hydrogens is 743 g/mol. The second-order valence-corrected chi connectivity index (χ2v) is 14.5. The van der Waals surface area contributed by atoms with E-state index in [4.69, 9.17) is 9.98 Å². The van der Waals surface area contributed by atoms with Crippen LogP contribution >= 0.6 is 0 Å². The maximum Gasteiger partial charge on any atom is 0.161 e. The fraction of sp³-hybridized carbons (Fsp3) is 0.0536. The van der Waals surface area contributed by atoms with Crippen LogP contribution in [0.25, 0.3) is 71.6 Å². The molecule has 0 saturated heterocycles. The number of benzene rings is 8. The van der Waals surface area contributed by atoms with Crippen LogP contribution in [0.15, 0.2) is 228 Å². The van der Waals surface area contributed by atoms with Crippen LogP contribution in [0.1, 0.15) is 25.5 Å². The van der Waals surface area contributed by atoms with E-state index in [2.05, 4.69) is 167 Å². The smallest absolute Gasteiger partial charge is 0.161 e. The summed E-state index contributed by atoms with van der Waals surface area (Å²) in [6.45, 7) is 9.46. The lowest BCUT2D eigenvalue weighted by atomic mass is 9.90. The van der Waals surface area contributed by atoms with Gasteiger partial charge in [0.1, 0.15) is 6.67 Å². The summed E-state index contributed by atoms with van der Waals surface area (Å²) in [7, 11) is 0. The SMILES string of the molecule is C.C=CC.C=NC(=N/C(=N\Cn1c2ccccc2c2c(-c3ccccc3)c(-c3ccc4c(c3)c3ccccc3n4-c3ccccc3)ccc21)c1ccccc1)c1ccccc1. The molecule has 8 aromatic carbocycles. The Kier molecular flexibility index (Phi) is 11.7. The predicted molar refractivity (Wildman–Crippen MR) is 263 cm³/mol. The van der Waals surface area contributed by atoms with E-state index in [1.165, 1.54) is 49.3 Å². The minimum Gasteiger partial charge on any atom is -0.320 e. The van der Waals surface area contributed by atoms with Gasteiger partial charge >= 0.3 is 0 Å². The number of rotatable bonds is 7. The molecule has 5 heteroatoms. The Hall–Kier alpha value is -7.89. The number of hydrogen-bond donors (Lipinski definition) is 0. The van der Waals surface area contributed by atoms with E-state index in [9.17, 15) is 0 Å². The van der Waals surface area contributed by atoms with Crippen LogP contribution in [0, 0.1) is 0 Å². The molecule has 0 unspecified atom stereocenters. The largest absolute Gasteiger partial charge is 0.320 e. The molecule has 0 bridgehead atoms. The highest BCUT2D eigenvalue weighted by molar-refractivity contribution is 6.19. The lowest BCUT2D eigenvalue weighted by Crippen LogP contribution is -2.07. The monoisotopic (exact) mass is 789 g/mol. The highest BCUT2D eigenvalue weighted by Gasteiger charge is 2.21. The third-order valence-corrected chi connectivity index (χ3v) is 10.8. The van der Waals surface area contributed by atoms with Crippen molar-refractivity contribution in [2.24, 2.45) is 15.0 Å². The number of aromatic nitrogens is 2. The van der Waals surface area contributed by atoms with Crippen molar-refractivity contribution in [3.05, 3.63) is 224 Å². The Balaban J connectivity index is 0.00000125. The Morgan fingerprint density at radius 2 is 1.05 bits per heavy atom. The second-order valence-electron chi connectivity index (χ2n) is 14.5. The minimum absolute atomic E-state index is 0. The van der Waals surface area contributed by atoms with E-state index in [1.807, 2.05) is 67.6 Å². The van der Waals surface area contributed by atoms with Crippen molar-refractivity contribution >= 4 is 62.0 Å². The fourth-order valence-corrected chi connectivity index (χ4v) is 8.23. The molecule has 2 aromatic heterocycles. The van der Waals surface area contributed by atoms with Crippen molar-refractivity contribution in [2.45, 2.75) is 21.0 Å². The van der Waals surface area contributed by atoms with Crippen LogP contribution in [0.2, 0.25) is 0 Å². The Bertz CT molecular complexity index is 3190. The zero-order valence-electron chi connectivity index (χ0n) is 33.5. The van der Waals surface area contributed by atoms with Gasteiger partial charge in [-0.2, -0.15) is 0 Å². The van der Waals surface area contributed by atoms with Crippen molar-refractivity contribution in [2.75, 3.05) is 0 Å². The Morgan fingerprint density at radius 1 is 0.525 bits per heavy atom. The lowest BCUT2D eigenvalue weighted by molar-refractivity contribution is 0.791. The molecule has 10 rings (SSSR count). The molecule has 0 radical (unpaired) electrons. The van der Waals surface area contributed by atoms with Gasteiger partial charge in [-0.3, -0.25) is 0 Å². The summed E-state index contributed by atoms with van der Waals surface area (Å²) in [6, 6.07) is 70.2. The minimum atomic E-state index is 0. The van der Waals surface area contributed by atoms with Crippen LogP contribution in [-0.4, -0.2) is 27.5 Å². The number of fused-ring (bicyclic) bond motifs is 6. The number of para-hydroxylation sites is 3. The van der Waals surface area contributed by atoms with Crippen LogP contribution < -0.4 is 0 Å². The van der Waals surface area contributed by atoms with E-state index in [-0.39, 0.29) is 7.43 Å². The molecule has 296 valence electrons. The van der Waals surface area contributed by atoms with Gasteiger partial charge in [-0.1, -0.05) is 171 Å². The topological polar surface area (TPSA) is 46.9 Å². The average molecular weight is 790 g/mol. The third-order valence-electron chi connectivity index (χ3n) is 10.8. The first-order chi connectivity index (χ1) is 29.7. The van der Waals surface area contributed by atoms with E-state index in [0.29, 0.717) is 18.3 Å². The van der Waals surface area contributed by atoms with Crippen LogP contribution in [0.3, 0.4) is 0 Å². The van der Waals surface area contributed by atoms with Gasteiger partial charge in [0.2, 0.25) is 0 Å². The van der Waals surface area contributed by atoms with E-state index in [1.54, 1.807) is 6.08 Å². The molecule has 0 aliphatic heterocycles. The first kappa shape index (κ1) is 39.9. The molecule has 0 N–H and O–H groups in total. The summed E-state index contributed by atoms with van der Waals surface area (Å²) in [4.78, 5) is 14.5. The molecule has 0 saturated carbocycles. The summed E-state index contributed by atoms with van der Waals surface area (Å²) in [5, 5.41) is 4.82. The summed E-state index contributed by atoms with van der Waals surface area (Å²) >= 11 is 0. The molecule has 0 aliphatic carbocycles. The number of aliphatic imine (C=N–C) groups is 3. The Labute approximate surface area is 357 Å². The van der Waals surface area contributed by atoms with Gasteiger partial charge in [0.05, 0.1) is 22.1 Å². The molecule has 61 heavy (non-hydrogen) atoms. The molecule has 5 nitrogen and oxygen atoms in total. The lowest BCUT2D eigenvalue weighted by Gasteiger charge is -2.14. The predicted octanol–water partition coefficient (Wildman–Crippen LogP) is 14.6. The normalized spacial score (nSPS) is 11.6. The van der Waals surface area contributed by atoms with Gasteiger partial charge in [-0.15, -0.1) is 6.58 Å². The molecule has 2 heterocycles.